The van der Waals surface area contributed by atoms with Gasteiger partial charge in [0.25, 0.3) is 0 Å². The number of nitrogens with one attached hydrogen (secondary N) is 1. The maximum Gasteiger partial charge on any atom is 0.224 e. The van der Waals surface area contributed by atoms with Crippen LogP contribution in [0.15, 0.2) is 40.6 Å². The van der Waals surface area contributed by atoms with Gasteiger partial charge in [-0.15, -0.1) is 23.1 Å². The van der Waals surface area contributed by atoms with Crippen molar-refractivity contribution >= 4 is 29.0 Å². The minimum absolute atomic E-state index is 0.0338. The van der Waals surface area contributed by atoms with E-state index in [4.69, 9.17) is 5.73 Å². The summed E-state index contributed by atoms with van der Waals surface area (Å²) in [5, 5.41) is 5.29. The number of nitrogens with two attached hydrogens (primary N) is 1. The van der Waals surface area contributed by atoms with Crippen LogP contribution in [-0.2, 0) is 17.8 Å². The zero-order valence-electron chi connectivity index (χ0n) is 15.4. The Morgan fingerprint density at radius 1 is 1.35 bits per heavy atom. The van der Waals surface area contributed by atoms with Crippen molar-refractivity contribution in [1.29, 1.82) is 0 Å². The van der Waals surface area contributed by atoms with Gasteiger partial charge in [-0.05, 0) is 47.4 Å². The monoisotopic (exact) mass is 389 g/mol. The number of carbonyl (C=O) groups is 1. The summed E-state index contributed by atoms with van der Waals surface area (Å²) in [6.45, 7) is 4.82. The number of fused-ring (bicyclic) bond motifs is 1. The van der Waals surface area contributed by atoms with Crippen LogP contribution in [0.2, 0.25) is 0 Å². The predicted molar refractivity (Wildman–Crippen MR) is 111 cm³/mol. The van der Waals surface area contributed by atoms with E-state index >= 15 is 0 Å². The van der Waals surface area contributed by atoms with Gasteiger partial charge in [0.05, 0.1) is 6.04 Å². The lowest BCUT2D eigenvalue weighted by molar-refractivity contribution is -0.124. The molecule has 0 radical (unpaired) electrons. The average molecular weight is 390 g/mol. The van der Waals surface area contributed by atoms with E-state index in [1.165, 1.54) is 20.9 Å². The van der Waals surface area contributed by atoms with Crippen LogP contribution in [0.5, 0.6) is 0 Å². The molecule has 2 atom stereocenters. The molecule has 0 spiro atoms. The highest BCUT2D eigenvalue weighted by Crippen LogP contribution is 2.31. The third-order valence-electron chi connectivity index (χ3n) is 5.05. The number of hydrogen-bond acceptors (Lipinski definition) is 5. The Morgan fingerprint density at radius 3 is 2.81 bits per heavy atom. The van der Waals surface area contributed by atoms with Gasteiger partial charge in [-0.25, -0.2) is 0 Å². The van der Waals surface area contributed by atoms with Gasteiger partial charge in [0.1, 0.15) is 0 Å². The zero-order valence-corrected chi connectivity index (χ0v) is 17.0. The molecule has 6 heteroatoms. The van der Waals surface area contributed by atoms with Crippen molar-refractivity contribution in [1.82, 2.24) is 10.2 Å². The number of hydrogen-bond donors (Lipinski definition) is 2. The van der Waals surface area contributed by atoms with E-state index in [9.17, 15) is 4.79 Å². The fourth-order valence-electron chi connectivity index (χ4n) is 3.30. The summed E-state index contributed by atoms with van der Waals surface area (Å²) < 4.78 is 0. The molecule has 26 heavy (non-hydrogen) atoms. The second-order valence-corrected chi connectivity index (χ2v) is 8.64. The molecular formula is C20H27N3OS2. The first-order valence-electron chi connectivity index (χ1n) is 9.03. The molecule has 2 unspecified atom stereocenters. The molecule has 0 saturated carbocycles. The third-order valence-corrected chi connectivity index (χ3v) is 6.82. The summed E-state index contributed by atoms with van der Waals surface area (Å²) in [5.74, 6) is -0.120. The number of nitrogens with zero attached hydrogens (tertiary/aromatic N) is 1. The van der Waals surface area contributed by atoms with Gasteiger partial charge in [-0.2, -0.15) is 0 Å². The van der Waals surface area contributed by atoms with Crippen molar-refractivity contribution in [2.24, 2.45) is 11.7 Å². The second kappa shape index (κ2) is 9.04. The lowest BCUT2D eigenvalue weighted by atomic mass is 10.0. The normalized spacial score (nSPS) is 16.7. The first-order chi connectivity index (χ1) is 12.6. The van der Waals surface area contributed by atoms with E-state index < -0.39 is 0 Å². The summed E-state index contributed by atoms with van der Waals surface area (Å²) in [4.78, 5) is 17.5. The largest absolute Gasteiger partial charge is 0.354 e. The zero-order chi connectivity index (χ0) is 18.5. The summed E-state index contributed by atoms with van der Waals surface area (Å²) in [6, 6.07) is 11.1. The van der Waals surface area contributed by atoms with E-state index in [2.05, 4.69) is 52.2 Å². The smallest absolute Gasteiger partial charge is 0.224 e. The molecule has 1 aliphatic rings. The van der Waals surface area contributed by atoms with Gasteiger partial charge in [-0.1, -0.05) is 19.1 Å². The van der Waals surface area contributed by atoms with Crippen LogP contribution >= 0.6 is 23.1 Å². The molecular weight excluding hydrogens is 362 g/mol. The molecule has 4 nitrogen and oxygen atoms in total. The number of carbonyl (C=O) groups excluding carboxylic acids is 1. The highest BCUT2D eigenvalue weighted by atomic mass is 32.2. The molecule has 3 N–H and O–H groups in total. The highest BCUT2D eigenvalue weighted by molar-refractivity contribution is 7.98. The quantitative estimate of drug-likeness (QED) is 0.714. The van der Waals surface area contributed by atoms with Crippen LogP contribution in [0.4, 0.5) is 0 Å². The van der Waals surface area contributed by atoms with Gasteiger partial charge >= 0.3 is 0 Å². The highest BCUT2D eigenvalue weighted by Gasteiger charge is 2.26. The third kappa shape index (κ3) is 4.49. The maximum atomic E-state index is 12.2. The van der Waals surface area contributed by atoms with E-state index in [0.717, 1.165) is 19.5 Å². The average Bonchev–Trinajstić information content (AvgIpc) is 3.15. The van der Waals surface area contributed by atoms with Crippen molar-refractivity contribution in [3.05, 3.63) is 51.7 Å². The van der Waals surface area contributed by atoms with Crippen LogP contribution in [0.1, 0.15) is 29.0 Å². The Bertz CT molecular complexity index is 729. The SMILES string of the molecule is CSc1ccc(C(CNC(=O)C(C)CN)N2CCc3sccc3C2)cc1. The van der Waals surface area contributed by atoms with E-state index in [-0.39, 0.29) is 17.9 Å². The van der Waals surface area contributed by atoms with Crippen LogP contribution in [0, 0.1) is 5.92 Å². The topological polar surface area (TPSA) is 58.4 Å². The fourth-order valence-corrected chi connectivity index (χ4v) is 4.60. The second-order valence-electron chi connectivity index (χ2n) is 6.76. The van der Waals surface area contributed by atoms with Crippen molar-refractivity contribution in [3.8, 4) is 0 Å². The Labute approximate surface area is 164 Å². The summed E-state index contributed by atoms with van der Waals surface area (Å²) >= 11 is 3.60. The predicted octanol–water partition coefficient (Wildman–Crippen LogP) is 3.28. The van der Waals surface area contributed by atoms with Crippen LogP contribution in [-0.4, -0.2) is 36.7 Å². The van der Waals surface area contributed by atoms with Crippen LogP contribution in [0.25, 0.3) is 0 Å². The first-order valence-corrected chi connectivity index (χ1v) is 11.1. The number of thiophene rings is 1. The van der Waals surface area contributed by atoms with E-state index in [1.54, 1.807) is 11.8 Å². The molecule has 140 valence electrons. The molecule has 2 heterocycles. The molecule has 0 fully saturated rings. The van der Waals surface area contributed by atoms with Gasteiger partial charge in [-0.3, -0.25) is 9.69 Å². The lowest BCUT2D eigenvalue weighted by Crippen LogP contribution is -2.42. The molecule has 1 amide bonds. The molecule has 0 aliphatic carbocycles. The number of benzene rings is 1. The molecule has 1 aromatic carbocycles. The molecule has 1 aromatic heterocycles. The Balaban J connectivity index is 1.78. The molecule has 0 saturated heterocycles. The maximum absolute atomic E-state index is 12.2. The standard InChI is InChI=1S/C20H27N3OS2/c1-14(11-21)20(24)22-12-18(15-3-5-17(25-2)6-4-15)23-9-7-19-16(13-23)8-10-26-19/h3-6,8,10,14,18H,7,9,11-13,21H2,1-2H3,(H,22,24). The van der Waals surface area contributed by atoms with Crippen molar-refractivity contribution in [3.63, 3.8) is 0 Å². The molecule has 2 aromatic rings. The summed E-state index contributed by atoms with van der Waals surface area (Å²) in [5.41, 5.74) is 8.31. The van der Waals surface area contributed by atoms with E-state index in [1.807, 2.05) is 18.3 Å². The number of rotatable bonds is 7. The Morgan fingerprint density at radius 2 is 2.12 bits per heavy atom. The van der Waals surface area contributed by atoms with Gasteiger partial charge in [0.2, 0.25) is 5.91 Å². The van der Waals surface area contributed by atoms with Gasteiger partial charge < -0.3 is 11.1 Å². The lowest BCUT2D eigenvalue weighted by Gasteiger charge is -2.35. The van der Waals surface area contributed by atoms with Crippen molar-refractivity contribution in [2.75, 3.05) is 25.9 Å². The van der Waals surface area contributed by atoms with Gasteiger partial charge in [0, 0.05) is 41.9 Å². The first kappa shape index (κ1) is 19.4. The van der Waals surface area contributed by atoms with Crippen molar-refractivity contribution in [2.45, 2.75) is 30.8 Å². The molecule has 1 aliphatic heterocycles. The fraction of sp³-hybridized carbons (Fsp3) is 0.450. The van der Waals surface area contributed by atoms with Crippen molar-refractivity contribution < 1.29 is 4.79 Å². The van der Waals surface area contributed by atoms with Gasteiger partial charge in [0.15, 0.2) is 0 Å². The summed E-state index contributed by atoms with van der Waals surface area (Å²) in [6.07, 6.45) is 3.17. The Hall–Kier alpha value is -1.34. The number of amides is 1. The van der Waals surface area contributed by atoms with Crippen LogP contribution in [0.3, 0.4) is 0 Å². The Kier molecular flexibility index (Phi) is 6.75. The molecule has 0 bridgehead atoms. The molecule has 3 rings (SSSR count). The minimum atomic E-state index is -0.153. The minimum Gasteiger partial charge on any atom is -0.354 e. The summed E-state index contributed by atoms with van der Waals surface area (Å²) in [7, 11) is 0. The van der Waals surface area contributed by atoms with Crippen LogP contribution < -0.4 is 11.1 Å². The van der Waals surface area contributed by atoms with E-state index in [0.29, 0.717) is 13.1 Å². The number of thioether (sulfide) groups is 1.